The zero-order valence-electron chi connectivity index (χ0n) is 11.7. The Morgan fingerprint density at radius 1 is 1.39 bits per heavy atom. The molecule has 2 rings (SSSR count). The Morgan fingerprint density at radius 2 is 2.22 bits per heavy atom. The minimum Gasteiger partial charge on any atom is -0.481 e. The highest BCUT2D eigenvalue weighted by Crippen LogP contribution is 2.31. The molecule has 3 nitrogen and oxygen atoms in total. The largest absolute Gasteiger partial charge is 0.481 e. The lowest BCUT2D eigenvalue weighted by atomic mass is 9.95. The van der Waals surface area contributed by atoms with E-state index in [1.165, 1.54) is 37.9 Å². The Bertz CT molecular complexity index is 361. The van der Waals surface area contributed by atoms with Gasteiger partial charge in [-0.3, -0.25) is 4.90 Å². The molecule has 1 saturated heterocycles. The van der Waals surface area contributed by atoms with Crippen molar-refractivity contribution in [1.82, 2.24) is 9.88 Å². The molecular formula is C15H24N2O. The molecule has 1 aliphatic rings. The van der Waals surface area contributed by atoms with Crippen LogP contribution in [0.4, 0.5) is 0 Å². The third-order valence-corrected chi connectivity index (χ3v) is 3.57. The second kappa shape index (κ2) is 6.19. The van der Waals surface area contributed by atoms with E-state index in [1.54, 1.807) is 7.11 Å². The molecule has 0 saturated carbocycles. The van der Waals surface area contributed by atoms with E-state index < -0.39 is 0 Å². The highest BCUT2D eigenvalue weighted by Gasteiger charge is 2.24. The molecule has 1 atom stereocenters. The van der Waals surface area contributed by atoms with Gasteiger partial charge in [0.2, 0.25) is 5.88 Å². The molecule has 1 unspecified atom stereocenters. The maximum absolute atomic E-state index is 5.12. The molecule has 0 aromatic carbocycles. The molecule has 2 heterocycles. The van der Waals surface area contributed by atoms with E-state index in [2.05, 4.69) is 29.8 Å². The number of pyridine rings is 1. The highest BCUT2D eigenvalue weighted by atomic mass is 16.5. The van der Waals surface area contributed by atoms with Crippen molar-refractivity contribution >= 4 is 0 Å². The van der Waals surface area contributed by atoms with Crippen LogP contribution in [-0.2, 0) is 0 Å². The summed E-state index contributed by atoms with van der Waals surface area (Å²) in [6, 6.07) is 4.67. The van der Waals surface area contributed by atoms with Gasteiger partial charge in [-0.2, -0.15) is 0 Å². The zero-order chi connectivity index (χ0) is 13.0. The lowest BCUT2D eigenvalue weighted by Crippen LogP contribution is -2.36. The van der Waals surface area contributed by atoms with E-state index in [4.69, 9.17) is 4.74 Å². The van der Waals surface area contributed by atoms with Gasteiger partial charge in [0.1, 0.15) is 0 Å². The van der Waals surface area contributed by atoms with E-state index in [0.717, 1.165) is 5.92 Å². The van der Waals surface area contributed by atoms with E-state index in [-0.39, 0.29) is 0 Å². The number of aromatic nitrogens is 1. The lowest BCUT2D eigenvalue weighted by Gasteiger charge is -2.37. The van der Waals surface area contributed by atoms with Crippen LogP contribution in [0.2, 0.25) is 0 Å². The number of hydrogen-bond donors (Lipinski definition) is 0. The Morgan fingerprint density at radius 3 is 2.83 bits per heavy atom. The van der Waals surface area contributed by atoms with Gasteiger partial charge in [0.15, 0.2) is 0 Å². The number of hydrogen-bond acceptors (Lipinski definition) is 3. The summed E-state index contributed by atoms with van der Waals surface area (Å²) in [5.74, 6) is 1.42. The molecule has 0 spiro atoms. The van der Waals surface area contributed by atoms with E-state index in [0.29, 0.717) is 11.9 Å². The van der Waals surface area contributed by atoms with Crippen LogP contribution >= 0.6 is 0 Å². The Hall–Kier alpha value is -1.09. The van der Waals surface area contributed by atoms with Gasteiger partial charge in [-0.05, 0) is 30.9 Å². The quantitative estimate of drug-likeness (QED) is 0.817. The maximum atomic E-state index is 5.12. The molecule has 0 radical (unpaired) electrons. The first kappa shape index (κ1) is 13.3. The Labute approximate surface area is 110 Å². The second-order valence-corrected chi connectivity index (χ2v) is 5.53. The van der Waals surface area contributed by atoms with Crippen molar-refractivity contribution in [3.63, 3.8) is 0 Å². The monoisotopic (exact) mass is 248 g/mol. The Balaban J connectivity index is 2.11. The number of piperidine rings is 1. The van der Waals surface area contributed by atoms with E-state index >= 15 is 0 Å². The maximum Gasteiger partial charge on any atom is 0.212 e. The number of likely N-dealkylation sites (tertiary alicyclic amines) is 1. The average Bonchev–Trinajstić information content (AvgIpc) is 2.39. The van der Waals surface area contributed by atoms with Crippen molar-refractivity contribution in [2.75, 3.05) is 20.2 Å². The molecule has 3 heteroatoms. The van der Waals surface area contributed by atoms with Crippen molar-refractivity contribution in [3.05, 3.63) is 23.9 Å². The van der Waals surface area contributed by atoms with Crippen LogP contribution in [0.3, 0.4) is 0 Å². The Kier molecular flexibility index (Phi) is 4.59. The summed E-state index contributed by atoms with van der Waals surface area (Å²) in [4.78, 5) is 6.95. The van der Waals surface area contributed by atoms with Crippen molar-refractivity contribution in [2.45, 2.75) is 39.2 Å². The van der Waals surface area contributed by atoms with Crippen LogP contribution in [-0.4, -0.2) is 30.1 Å². The van der Waals surface area contributed by atoms with Gasteiger partial charge in [-0.1, -0.05) is 26.3 Å². The molecular weight excluding hydrogens is 224 g/mol. The van der Waals surface area contributed by atoms with E-state index in [1.807, 2.05) is 12.3 Å². The number of nitrogens with zero attached hydrogens (tertiary/aromatic N) is 2. The summed E-state index contributed by atoms with van der Waals surface area (Å²) >= 11 is 0. The summed E-state index contributed by atoms with van der Waals surface area (Å²) < 4.78 is 5.12. The van der Waals surface area contributed by atoms with Gasteiger partial charge in [0, 0.05) is 24.8 Å². The van der Waals surface area contributed by atoms with Crippen molar-refractivity contribution in [3.8, 4) is 5.88 Å². The SMILES string of the molecule is COc1ccc(C2CCCCN2CC(C)C)cn1. The topological polar surface area (TPSA) is 25.4 Å². The van der Waals surface area contributed by atoms with Gasteiger partial charge in [0.05, 0.1) is 7.11 Å². The first-order chi connectivity index (χ1) is 8.70. The minimum absolute atomic E-state index is 0.541. The molecule has 0 amide bonds. The van der Waals surface area contributed by atoms with Crippen LogP contribution in [0.5, 0.6) is 5.88 Å². The summed E-state index contributed by atoms with van der Waals surface area (Å²) in [6.45, 7) is 6.97. The van der Waals surface area contributed by atoms with Crippen LogP contribution in [0.1, 0.15) is 44.7 Å². The molecule has 0 bridgehead atoms. The first-order valence-electron chi connectivity index (χ1n) is 6.94. The summed E-state index contributed by atoms with van der Waals surface area (Å²) in [6.07, 6.45) is 5.88. The molecule has 0 N–H and O–H groups in total. The fraction of sp³-hybridized carbons (Fsp3) is 0.667. The van der Waals surface area contributed by atoms with Gasteiger partial charge in [-0.25, -0.2) is 4.98 Å². The fourth-order valence-electron chi connectivity index (χ4n) is 2.77. The lowest BCUT2D eigenvalue weighted by molar-refractivity contribution is 0.132. The molecule has 0 aliphatic carbocycles. The minimum atomic E-state index is 0.541. The van der Waals surface area contributed by atoms with Gasteiger partial charge in [-0.15, -0.1) is 0 Å². The standard InChI is InChI=1S/C15H24N2O/c1-12(2)11-17-9-5-4-6-14(17)13-7-8-15(18-3)16-10-13/h7-8,10,12,14H,4-6,9,11H2,1-3H3. The smallest absolute Gasteiger partial charge is 0.212 e. The van der Waals surface area contributed by atoms with Crippen LogP contribution < -0.4 is 4.74 Å². The van der Waals surface area contributed by atoms with E-state index in [9.17, 15) is 0 Å². The molecule has 1 fully saturated rings. The van der Waals surface area contributed by atoms with Gasteiger partial charge >= 0.3 is 0 Å². The fourth-order valence-corrected chi connectivity index (χ4v) is 2.77. The summed E-state index contributed by atoms with van der Waals surface area (Å²) in [7, 11) is 1.66. The predicted molar refractivity (Wildman–Crippen MR) is 73.8 cm³/mol. The molecule has 1 aromatic rings. The van der Waals surface area contributed by atoms with Crippen LogP contribution in [0.15, 0.2) is 18.3 Å². The van der Waals surface area contributed by atoms with Gasteiger partial charge in [0.25, 0.3) is 0 Å². The summed E-state index contributed by atoms with van der Waals surface area (Å²) in [5, 5.41) is 0. The number of rotatable bonds is 4. The molecule has 1 aromatic heterocycles. The van der Waals surface area contributed by atoms with Crippen LogP contribution in [0, 0.1) is 5.92 Å². The average molecular weight is 248 g/mol. The number of ether oxygens (including phenoxy) is 1. The van der Waals surface area contributed by atoms with Crippen molar-refractivity contribution < 1.29 is 4.74 Å². The zero-order valence-corrected chi connectivity index (χ0v) is 11.7. The van der Waals surface area contributed by atoms with Crippen molar-refractivity contribution in [2.24, 2.45) is 5.92 Å². The van der Waals surface area contributed by atoms with Gasteiger partial charge < -0.3 is 4.74 Å². The third-order valence-electron chi connectivity index (χ3n) is 3.57. The second-order valence-electron chi connectivity index (χ2n) is 5.53. The first-order valence-corrected chi connectivity index (χ1v) is 6.94. The summed E-state index contributed by atoms with van der Waals surface area (Å²) in [5.41, 5.74) is 1.33. The number of methoxy groups -OCH3 is 1. The predicted octanol–water partition coefficient (Wildman–Crippen LogP) is 3.27. The molecule has 1 aliphatic heterocycles. The van der Waals surface area contributed by atoms with Crippen LogP contribution in [0.25, 0.3) is 0 Å². The molecule has 100 valence electrons. The third kappa shape index (κ3) is 3.22. The normalized spacial score (nSPS) is 21.2. The van der Waals surface area contributed by atoms with Crippen molar-refractivity contribution in [1.29, 1.82) is 0 Å². The highest BCUT2D eigenvalue weighted by molar-refractivity contribution is 5.21. The molecule has 18 heavy (non-hydrogen) atoms.